The minimum absolute atomic E-state index is 0.754. The second kappa shape index (κ2) is 8.48. The Kier molecular flexibility index (Phi) is 6.08. The van der Waals surface area contributed by atoms with Crippen molar-refractivity contribution in [2.45, 2.75) is 59.8 Å². The van der Waals surface area contributed by atoms with Gasteiger partial charge in [0.05, 0.1) is 13.2 Å². The molecule has 0 amide bonds. The van der Waals surface area contributed by atoms with Crippen LogP contribution in [0.25, 0.3) is 0 Å². The number of aryl methyl sites for hydroxylation is 2. The van der Waals surface area contributed by atoms with Gasteiger partial charge in [0, 0.05) is 28.9 Å². The zero-order valence-corrected chi connectivity index (χ0v) is 16.6. The van der Waals surface area contributed by atoms with Crippen molar-refractivity contribution in [1.82, 2.24) is 0 Å². The van der Waals surface area contributed by atoms with Gasteiger partial charge in [-0.1, -0.05) is 39.8 Å². The number of benzene rings is 2. The first-order valence-corrected chi connectivity index (χ1v) is 10.0. The molecule has 3 rings (SSSR count). The molecule has 0 spiro atoms. The van der Waals surface area contributed by atoms with Gasteiger partial charge in [-0.3, -0.25) is 0 Å². The van der Waals surface area contributed by atoms with E-state index in [1.54, 1.807) is 0 Å². The number of hydrogen-bond acceptors (Lipinski definition) is 3. The summed E-state index contributed by atoms with van der Waals surface area (Å²) < 4.78 is 12.4. The summed E-state index contributed by atoms with van der Waals surface area (Å²) in [5.74, 6) is 2.13. The van der Waals surface area contributed by atoms with Crippen LogP contribution in [0, 0.1) is 0 Å². The summed E-state index contributed by atoms with van der Waals surface area (Å²) in [5.41, 5.74) is 7.41. The molecule has 0 aromatic heterocycles. The van der Waals surface area contributed by atoms with E-state index in [0.717, 1.165) is 68.2 Å². The van der Waals surface area contributed by atoms with Gasteiger partial charge in [0.2, 0.25) is 0 Å². The highest BCUT2D eigenvalue weighted by Gasteiger charge is 2.24. The van der Waals surface area contributed by atoms with Crippen LogP contribution >= 0.6 is 0 Å². The molecule has 1 heterocycles. The van der Waals surface area contributed by atoms with Crippen molar-refractivity contribution >= 4 is 11.4 Å². The summed E-state index contributed by atoms with van der Waals surface area (Å²) in [5, 5.41) is 3.62. The predicted octanol–water partition coefficient (Wildman–Crippen LogP) is 6.04. The van der Waals surface area contributed by atoms with Crippen molar-refractivity contribution in [3.8, 4) is 11.5 Å². The Bertz CT molecular complexity index is 704. The molecular formula is C23H31NO2. The van der Waals surface area contributed by atoms with E-state index in [4.69, 9.17) is 9.47 Å². The molecule has 0 saturated heterocycles. The van der Waals surface area contributed by atoms with Crippen molar-refractivity contribution in [2.24, 2.45) is 0 Å². The fourth-order valence-corrected chi connectivity index (χ4v) is 3.58. The zero-order valence-electron chi connectivity index (χ0n) is 16.6. The molecule has 1 N–H and O–H groups in total. The summed E-state index contributed by atoms with van der Waals surface area (Å²) in [6.45, 7) is 10.2. The summed E-state index contributed by atoms with van der Waals surface area (Å²) in [6.07, 6.45) is 4.85. The van der Waals surface area contributed by atoms with Crippen molar-refractivity contribution in [1.29, 1.82) is 0 Å². The molecule has 0 atom stereocenters. The van der Waals surface area contributed by atoms with Crippen LogP contribution in [0.3, 0.4) is 0 Å². The van der Waals surface area contributed by atoms with Gasteiger partial charge in [0.25, 0.3) is 0 Å². The van der Waals surface area contributed by atoms with Gasteiger partial charge >= 0.3 is 0 Å². The molecule has 3 nitrogen and oxygen atoms in total. The van der Waals surface area contributed by atoms with Gasteiger partial charge < -0.3 is 14.8 Å². The standard InChI is InChI=1S/C23H31NO2/c1-5-13-25-22-16(7-3)9-11-20-18(22)15-19-21(24-20)12-10-17(8-4)23(19)26-14-6-2/h9-12,24H,5-8,13-15H2,1-4H3. The van der Waals surface area contributed by atoms with Gasteiger partial charge in [0.1, 0.15) is 11.5 Å². The van der Waals surface area contributed by atoms with Crippen LogP contribution in [0.5, 0.6) is 11.5 Å². The van der Waals surface area contributed by atoms with Crippen LogP contribution in [0.1, 0.15) is 62.8 Å². The second-order valence-corrected chi connectivity index (χ2v) is 6.87. The summed E-state index contributed by atoms with van der Waals surface area (Å²) in [7, 11) is 0. The van der Waals surface area contributed by atoms with Gasteiger partial charge in [0.15, 0.2) is 0 Å². The van der Waals surface area contributed by atoms with Crippen LogP contribution in [0.2, 0.25) is 0 Å². The van der Waals surface area contributed by atoms with Crippen LogP contribution in [0.4, 0.5) is 11.4 Å². The van der Waals surface area contributed by atoms with Gasteiger partial charge in [-0.15, -0.1) is 0 Å². The van der Waals surface area contributed by atoms with Crippen molar-refractivity contribution in [3.63, 3.8) is 0 Å². The van der Waals surface area contributed by atoms with Gasteiger partial charge in [-0.05, 0) is 48.9 Å². The average Bonchev–Trinajstić information content (AvgIpc) is 2.68. The number of hydrogen-bond donors (Lipinski definition) is 1. The molecule has 3 heteroatoms. The van der Waals surface area contributed by atoms with E-state index in [2.05, 4.69) is 57.3 Å². The van der Waals surface area contributed by atoms with Crippen molar-refractivity contribution in [2.75, 3.05) is 18.5 Å². The minimum Gasteiger partial charge on any atom is -0.493 e. The molecular weight excluding hydrogens is 322 g/mol. The lowest BCUT2D eigenvalue weighted by molar-refractivity contribution is 0.308. The van der Waals surface area contributed by atoms with Crippen LogP contribution in [-0.4, -0.2) is 13.2 Å². The molecule has 140 valence electrons. The molecule has 0 fully saturated rings. The Labute approximate surface area is 157 Å². The molecule has 1 aliphatic rings. The maximum Gasteiger partial charge on any atom is 0.128 e. The highest BCUT2D eigenvalue weighted by molar-refractivity contribution is 5.77. The number of anilines is 2. The first kappa shape index (κ1) is 18.6. The van der Waals surface area contributed by atoms with Crippen molar-refractivity contribution in [3.05, 3.63) is 46.5 Å². The lowest BCUT2D eigenvalue weighted by atomic mass is 9.91. The molecule has 0 aliphatic carbocycles. The van der Waals surface area contributed by atoms with E-state index in [1.165, 1.54) is 22.3 Å². The van der Waals surface area contributed by atoms with Crippen LogP contribution < -0.4 is 14.8 Å². The number of nitrogens with one attached hydrogen (secondary N) is 1. The third kappa shape index (κ3) is 3.53. The van der Waals surface area contributed by atoms with E-state index >= 15 is 0 Å². The zero-order chi connectivity index (χ0) is 18.5. The largest absolute Gasteiger partial charge is 0.493 e. The minimum atomic E-state index is 0.754. The summed E-state index contributed by atoms with van der Waals surface area (Å²) in [4.78, 5) is 0. The lowest BCUT2D eigenvalue weighted by Gasteiger charge is -2.28. The molecule has 2 aromatic rings. The van der Waals surface area contributed by atoms with Gasteiger partial charge in [-0.2, -0.15) is 0 Å². The topological polar surface area (TPSA) is 30.5 Å². The van der Waals surface area contributed by atoms with Crippen LogP contribution in [0.15, 0.2) is 24.3 Å². The second-order valence-electron chi connectivity index (χ2n) is 6.87. The SMILES string of the molecule is CCCOc1c(CC)ccc2c1Cc1c(ccc(CC)c1OCCC)N2. The maximum atomic E-state index is 6.19. The quantitative estimate of drug-likeness (QED) is 0.536. The molecule has 0 bridgehead atoms. The average molecular weight is 354 g/mol. The van der Waals surface area contributed by atoms with E-state index in [0.29, 0.717) is 0 Å². The van der Waals surface area contributed by atoms with E-state index in [9.17, 15) is 0 Å². The molecule has 0 saturated carbocycles. The Morgan fingerprint density at radius 3 is 1.58 bits per heavy atom. The monoisotopic (exact) mass is 353 g/mol. The summed E-state index contributed by atoms with van der Waals surface area (Å²) >= 11 is 0. The van der Waals surface area contributed by atoms with E-state index < -0.39 is 0 Å². The fourth-order valence-electron chi connectivity index (χ4n) is 3.58. The maximum absolute atomic E-state index is 6.19. The Balaban J connectivity index is 2.06. The first-order chi connectivity index (χ1) is 12.7. The van der Waals surface area contributed by atoms with Crippen molar-refractivity contribution < 1.29 is 9.47 Å². The Morgan fingerprint density at radius 1 is 0.731 bits per heavy atom. The normalized spacial score (nSPS) is 12.2. The molecule has 0 unspecified atom stereocenters. The Hall–Kier alpha value is -2.16. The number of ether oxygens (including phenoxy) is 2. The van der Waals surface area contributed by atoms with Gasteiger partial charge in [-0.25, -0.2) is 0 Å². The van der Waals surface area contributed by atoms with E-state index in [-0.39, 0.29) is 0 Å². The highest BCUT2D eigenvalue weighted by atomic mass is 16.5. The smallest absolute Gasteiger partial charge is 0.128 e. The lowest BCUT2D eigenvalue weighted by Crippen LogP contribution is -2.13. The molecule has 2 aromatic carbocycles. The third-order valence-electron chi connectivity index (χ3n) is 4.97. The molecule has 26 heavy (non-hydrogen) atoms. The fraction of sp³-hybridized carbons (Fsp3) is 0.478. The summed E-state index contributed by atoms with van der Waals surface area (Å²) in [6, 6.07) is 8.76. The highest BCUT2D eigenvalue weighted by Crippen LogP contribution is 2.44. The number of rotatable bonds is 8. The van der Waals surface area contributed by atoms with E-state index in [1.807, 2.05) is 0 Å². The third-order valence-corrected chi connectivity index (χ3v) is 4.97. The predicted molar refractivity (Wildman–Crippen MR) is 109 cm³/mol. The first-order valence-electron chi connectivity index (χ1n) is 10.0. The molecule has 0 radical (unpaired) electrons. The molecule has 1 aliphatic heterocycles. The van der Waals surface area contributed by atoms with Crippen LogP contribution in [-0.2, 0) is 19.3 Å². The number of fused-ring (bicyclic) bond motifs is 2. The Morgan fingerprint density at radius 2 is 1.19 bits per heavy atom.